The summed E-state index contributed by atoms with van der Waals surface area (Å²) in [6, 6.07) is 0. The van der Waals surface area contributed by atoms with Crippen LogP contribution in [0.15, 0.2) is 0 Å². The fourth-order valence-electron chi connectivity index (χ4n) is 2.44. The van der Waals surface area contributed by atoms with Crippen LogP contribution >= 0.6 is 0 Å². The van der Waals surface area contributed by atoms with Gasteiger partial charge in [0.2, 0.25) is 0 Å². The molecule has 1 fully saturated rings. The van der Waals surface area contributed by atoms with Gasteiger partial charge in [0.05, 0.1) is 0 Å². The van der Waals surface area contributed by atoms with Crippen LogP contribution in [-0.4, -0.2) is 38.6 Å². The fourth-order valence-corrected chi connectivity index (χ4v) is 2.44. The first-order valence-electron chi connectivity index (χ1n) is 6.04. The molecule has 0 saturated heterocycles. The molecule has 0 spiro atoms. The SMILES string of the molecule is CCC1(CNCCN(C)C)CCCC1. The Morgan fingerprint density at radius 1 is 1.21 bits per heavy atom. The molecular formula is C12H26N2. The average Bonchev–Trinajstić information content (AvgIpc) is 2.62. The summed E-state index contributed by atoms with van der Waals surface area (Å²) in [5.41, 5.74) is 0.645. The summed E-state index contributed by atoms with van der Waals surface area (Å²) in [6.45, 7) is 5.87. The van der Waals surface area contributed by atoms with Gasteiger partial charge in [-0.3, -0.25) is 0 Å². The van der Waals surface area contributed by atoms with Crippen LogP contribution in [0.2, 0.25) is 0 Å². The molecule has 0 aromatic carbocycles. The monoisotopic (exact) mass is 198 g/mol. The molecule has 14 heavy (non-hydrogen) atoms. The molecule has 0 atom stereocenters. The van der Waals surface area contributed by atoms with Crippen molar-refractivity contribution >= 4 is 0 Å². The van der Waals surface area contributed by atoms with Gasteiger partial charge in [0, 0.05) is 19.6 Å². The Morgan fingerprint density at radius 3 is 2.36 bits per heavy atom. The molecule has 0 bridgehead atoms. The molecule has 1 aliphatic rings. The average molecular weight is 198 g/mol. The van der Waals surface area contributed by atoms with Gasteiger partial charge < -0.3 is 10.2 Å². The van der Waals surface area contributed by atoms with Gasteiger partial charge in [-0.1, -0.05) is 19.8 Å². The van der Waals surface area contributed by atoms with E-state index in [0.717, 1.165) is 13.1 Å². The molecule has 2 nitrogen and oxygen atoms in total. The van der Waals surface area contributed by atoms with Crippen molar-refractivity contribution in [1.82, 2.24) is 10.2 Å². The fraction of sp³-hybridized carbons (Fsp3) is 1.00. The maximum Gasteiger partial charge on any atom is 0.0101 e. The van der Waals surface area contributed by atoms with E-state index in [0.29, 0.717) is 5.41 Å². The van der Waals surface area contributed by atoms with Crippen LogP contribution < -0.4 is 5.32 Å². The second kappa shape index (κ2) is 5.72. The number of hydrogen-bond donors (Lipinski definition) is 1. The highest BCUT2D eigenvalue weighted by molar-refractivity contribution is 4.85. The number of nitrogens with one attached hydrogen (secondary N) is 1. The Balaban J connectivity index is 2.15. The summed E-state index contributed by atoms with van der Waals surface area (Å²) < 4.78 is 0. The van der Waals surface area contributed by atoms with Crippen LogP contribution in [0.3, 0.4) is 0 Å². The highest BCUT2D eigenvalue weighted by atomic mass is 15.1. The Hall–Kier alpha value is -0.0800. The quantitative estimate of drug-likeness (QED) is 0.658. The van der Waals surface area contributed by atoms with Gasteiger partial charge in [0.1, 0.15) is 0 Å². The minimum atomic E-state index is 0.645. The molecule has 0 amide bonds. The minimum absolute atomic E-state index is 0.645. The summed E-state index contributed by atoms with van der Waals surface area (Å²) in [5.74, 6) is 0. The third-order valence-electron chi connectivity index (χ3n) is 3.65. The van der Waals surface area contributed by atoms with Crippen LogP contribution in [-0.2, 0) is 0 Å². The lowest BCUT2D eigenvalue weighted by Crippen LogP contribution is -2.35. The molecule has 1 N–H and O–H groups in total. The number of likely N-dealkylation sites (N-methyl/N-ethyl adjacent to an activating group) is 1. The van der Waals surface area contributed by atoms with E-state index in [9.17, 15) is 0 Å². The van der Waals surface area contributed by atoms with Crippen LogP contribution in [0.5, 0.6) is 0 Å². The maximum absolute atomic E-state index is 3.61. The zero-order valence-electron chi connectivity index (χ0n) is 10.1. The van der Waals surface area contributed by atoms with Crippen molar-refractivity contribution < 1.29 is 0 Å². The van der Waals surface area contributed by atoms with Crippen molar-refractivity contribution in [1.29, 1.82) is 0 Å². The first-order chi connectivity index (χ1) is 6.68. The largest absolute Gasteiger partial charge is 0.315 e. The molecule has 1 saturated carbocycles. The van der Waals surface area contributed by atoms with Gasteiger partial charge in [0.15, 0.2) is 0 Å². The van der Waals surface area contributed by atoms with E-state index in [4.69, 9.17) is 0 Å². The molecule has 0 unspecified atom stereocenters. The lowest BCUT2D eigenvalue weighted by atomic mass is 9.83. The number of rotatable bonds is 6. The second-order valence-corrected chi connectivity index (χ2v) is 5.04. The smallest absolute Gasteiger partial charge is 0.0101 e. The molecule has 0 aromatic rings. The molecule has 0 heterocycles. The molecule has 0 aliphatic heterocycles. The predicted octanol–water partition coefficient (Wildman–Crippen LogP) is 2.11. The number of hydrogen-bond acceptors (Lipinski definition) is 2. The van der Waals surface area contributed by atoms with Gasteiger partial charge in [-0.25, -0.2) is 0 Å². The van der Waals surface area contributed by atoms with E-state index >= 15 is 0 Å². The van der Waals surface area contributed by atoms with Crippen molar-refractivity contribution in [3.63, 3.8) is 0 Å². The Kier molecular flexibility index (Phi) is 4.90. The molecule has 1 aliphatic carbocycles. The molecule has 1 rings (SSSR count). The molecule has 2 heteroatoms. The Labute approximate surface area is 89.1 Å². The summed E-state index contributed by atoms with van der Waals surface area (Å²) >= 11 is 0. The van der Waals surface area contributed by atoms with Crippen LogP contribution in [0.4, 0.5) is 0 Å². The van der Waals surface area contributed by atoms with E-state index < -0.39 is 0 Å². The highest BCUT2D eigenvalue weighted by Crippen LogP contribution is 2.40. The molecular weight excluding hydrogens is 172 g/mol. The lowest BCUT2D eigenvalue weighted by Gasteiger charge is -2.28. The Bertz CT molecular complexity index is 148. The van der Waals surface area contributed by atoms with Gasteiger partial charge in [-0.2, -0.15) is 0 Å². The van der Waals surface area contributed by atoms with Gasteiger partial charge >= 0.3 is 0 Å². The molecule has 84 valence electrons. The van der Waals surface area contributed by atoms with Gasteiger partial charge in [-0.15, -0.1) is 0 Å². The van der Waals surface area contributed by atoms with Gasteiger partial charge in [0.25, 0.3) is 0 Å². The van der Waals surface area contributed by atoms with Crippen molar-refractivity contribution in [2.24, 2.45) is 5.41 Å². The minimum Gasteiger partial charge on any atom is -0.315 e. The van der Waals surface area contributed by atoms with E-state index in [1.165, 1.54) is 38.6 Å². The predicted molar refractivity (Wildman–Crippen MR) is 62.6 cm³/mol. The summed E-state index contributed by atoms with van der Waals surface area (Å²) in [6.07, 6.45) is 7.13. The first kappa shape index (κ1) is 12.0. The van der Waals surface area contributed by atoms with Crippen LogP contribution in [0.25, 0.3) is 0 Å². The van der Waals surface area contributed by atoms with E-state index in [2.05, 4.69) is 31.2 Å². The van der Waals surface area contributed by atoms with E-state index in [-0.39, 0.29) is 0 Å². The van der Waals surface area contributed by atoms with Crippen molar-refractivity contribution in [2.75, 3.05) is 33.7 Å². The van der Waals surface area contributed by atoms with Crippen molar-refractivity contribution in [3.8, 4) is 0 Å². The zero-order valence-corrected chi connectivity index (χ0v) is 10.1. The third-order valence-corrected chi connectivity index (χ3v) is 3.65. The first-order valence-corrected chi connectivity index (χ1v) is 6.04. The Morgan fingerprint density at radius 2 is 1.86 bits per heavy atom. The summed E-state index contributed by atoms with van der Waals surface area (Å²) in [4.78, 5) is 2.24. The van der Waals surface area contributed by atoms with Crippen molar-refractivity contribution in [2.45, 2.75) is 39.0 Å². The van der Waals surface area contributed by atoms with Gasteiger partial charge in [-0.05, 0) is 38.8 Å². The summed E-state index contributed by atoms with van der Waals surface area (Å²) in [7, 11) is 4.26. The van der Waals surface area contributed by atoms with Crippen LogP contribution in [0, 0.1) is 5.41 Å². The van der Waals surface area contributed by atoms with Crippen LogP contribution in [0.1, 0.15) is 39.0 Å². The highest BCUT2D eigenvalue weighted by Gasteiger charge is 2.31. The van der Waals surface area contributed by atoms with E-state index in [1.807, 2.05) is 0 Å². The molecule has 0 radical (unpaired) electrons. The molecule has 0 aromatic heterocycles. The lowest BCUT2D eigenvalue weighted by molar-refractivity contribution is 0.263. The normalized spacial score (nSPS) is 20.6. The summed E-state index contributed by atoms with van der Waals surface area (Å²) in [5, 5.41) is 3.61. The second-order valence-electron chi connectivity index (χ2n) is 5.04. The zero-order chi connectivity index (χ0) is 10.4. The maximum atomic E-state index is 3.61. The van der Waals surface area contributed by atoms with Crippen molar-refractivity contribution in [3.05, 3.63) is 0 Å². The topological polar surface area (TPSA) is 15.3 Å². The van der Waals surface area contributed by atoms with E-state index in [1.54, 1.807) is 0 Å². The number of nitrogens with zero attached hydrogens (tertiary/aromatic N) is 1. The standard InChI is InChI=1S/C12H26N2/c1-4-12(7-5-6-8-12)11-13-9-10-14(2)3/h13H,4-11H2,1-3H3. The third kappa shape index (κ3) is 3.58.